The highest BCUT2D eigenvalue weighted by molar-refractivity contribution is 5.23. The summed E-state index contributed by atoms with van der Waals surface area (Å²) in [5.41, 5.74) is 1.91. The predicted octanol–water partition coefficient (Wildman–Crippen LogP) is 4.40. The first-order valence-corrected chi connectivity index (χ1v) is 6.69. The van der Waals surface area contributed by atoms with Gasteiger partial charge in [-0.1, -0.05) is 29.8 Å². The number of alkyl halides is 3. The summed E-state index contributed by atoms with van der Waals surface area (Å²) in [7, 11) is 0. The van der Waals surface area contributed by atoms with Crippen LogP contribution in [0.2, 0.25) is 0 Å². The van der Waals surface area contributed by atoms with Crippen LogP contribution in [0.5, 0.6) is 0 Å². The fourth-order valence-corrected chi connectivity index (χ4v) is 2.80. The molecular weight excluding hydrogens is 253 g/mol. The van der Waals surface area contributed by atoms with Crippen LogP contribution in [0.1, 0.15) is 42.9 Å². The molecule has 0 aromatic heterocycles. The lowest BCUT2D eigenvalue weighted by Gasteiger charge is -2.32. The van der Waals surface area contributed by atoms with Crippen LogP contribution in [-0.2, 0) is 0 Å². The van der Waals surface area contributed by atoms with Gasteiger partial charge in [0.2, 0.25) is 0 Å². The van der Waals surface area contributed by atoms with E-state index in [0.717, 1.165) is 11.1 Å². The topological polar surface area (TPSA) is 20.2 Å². The van der Waals surface area contributed by atoms with Gasteiger partial charge in [-0.05, 0) is 44.1 Å². The van der Waals surface area contributed by atoms with E-state index in [9.17, 15) is 18.3 Å². The van der Waals surface area contributed by atoms with Gasteiger partial charge in [0.1, 0.15) is 0 Å². The normalized spacial score (nSPS) is 26.2. The van der Waals surface area contributed by atoms with Gasteiger partial charge in [-0.2, -0.15) is 13.2 Å². The monoisotopic (exact) mass is 272 g/mol. The number of halogens is 3. The number of hydrogen-bond acceptors (Lipinski definition) is 1. The summed E-state index contributed by atoms with van der Waals surface area (Å²) < 4.78 is 37.7. The second kappa shape index (κ2) is 5.53. The Balaban J connectivity index is 1.96. The first-order chi connectivity index (χ1) is 8.88. The molecule has 0 spiro atoms. The summed E-state index contributed by atoms with van der Waals surface area (Å²) in [5, 5.41) is 10.2. The molecule has 1 aromatic rings. The summed E-state index contributed by atoms with van der Waals surface area (Å²) in [4.78, 5) is 0. The first-order valence-electron chi connectivity index (χ1n) is 6.69. The number of aliphatic hydroxyl groups excluding tert-OH is 1. The Hall–Kier alpha value is -1.03. The van der Waals surface area contributed by atoms with Crippen molar-refractivity contribution in [1.82, 2.24) is 0 Å². The van der Waals surface area contributed by atoms with Crippen molar-refractivity contribution in [3.63, 3.8) is 0 Å². The highest BCUT2D eigenvalue weighted by Gasteiger charge is 2.42. The fourth-order valence-electron chi connectivity index (χ4n) is 2.80. The average molecular weight is 272 g/mol. The number of aliphatic hydroxyl groups is 1. The van der Waals surface area contributed by atoms with Crippen molar-refractivity contribution >= 4 is 0 Å². The molecule has 2 rings (SSSR count). The molecule has 0 aliphatic heterocycles. The molecule has 1 fully saturated rings. The molecule has 0 saturated heterocycles. The summed E-state index contributed by atoms with van der Waals surface area (Å²) in [6.45, 7) is 1.96. The third-order valence-electron chi connectivity index (χ3n) is 4.10. The lowest BCUT2D eigenvalue weighted by molar-refractivity contribution is -0.185. The van der Waals surface area contributed by atoms with Crippen LogP contribution in [0.3, 0.4) is 0 Å². The Morgan fingerprint density at radius 2 is 1.58 bits per heavy atom. The molecule has 19 heavy (non-hydrogen) atoms. The van der Waals surface area contributed by atoms with Gasteiger partial charge in [-0.15, -0.1) is 0 Å². The van der Waals surface area contributed by atoms with Crippen LogP contribution in [0.15, 0.2) is 24.3 Å². The third kappa shape index (κ3) is 3.50. The maximum absolute atomic E-state index is 12.6. The zero-order valence-corrected chi connectivity index (χ0v) is 11.0. The molecule has 1 atom stereocenters. The van der Waals surface area contributed by atoms with Gasteiger partial charge in [0.25, 0.3) is 0 Å². The first kappa shape index (κ1) is 14.4. The molecule has 0 bridgehead atoms. The van der Waals surface area contributed by atoms with E-state index in [1.807, 2.05) is 31.2 Å². The standard InChI is InChI=1S/C15H19F3O/c1-10-2-4-11(5-3-10)14(19)12-6-8-13(9-7-12)15(16,17)18/h2-5,12-14,19H,6-9H2,1H3. The van der Waals surface area contributed by atoms with Crippen molar-refractivity contribution in [1.29, 1.82) is 0 Å². The van der Waals surface area contributed by atoms with Crippen LogP contribution in [-0.4, -0.2) is 11.3 Å². The number of hydrogen-bond donors (Lipinski definition) is 1. The van der Waals surface area contributed by atoms with E-state index in [0.29, 0.717) is 12.8 Å². The smallest absolute Gasteiger partial charge is 0.388 e. The molecule has 1 aliphatic rings. The summed E-state index contributed by atoms with van der Waals surface area (Å²) in [6.07, 6.45) is -3.57. The lowest BCUT2D eigenvalue weighted by Crippen LogP contribution is -2.29. The summed E-state index contributed by atoms with van der Waals surface area (Å²) >= 11 is 0. The van der Waals surface area contributed by atoms with E-state index in [1.54, 1.807) is 0 Å². The third-order valence-corrected chi connectivity index (χ3v) is 4.10. The second-order valence-electron chi connectivity index (χ2n) is 5.51. The van der Waals surface area contributed by atoms with E-state index >= 15 is 0 Å². The number of rotatable bonds is 2. The zero-order valence-electron chi connectivity index (χ0n) is 11.0. The molecule has 0 heterocycles. The molecule has 0 amide bonds. The minimum atomic E-state index is -4.08. The van der Waals surface area contributed by atoms with Crippen molar-refractivity contribution in [2.45, 2.75) is 44.9 Å². The molecule has 1 aliphatic carbocycles. The van der Waals surface area contributed by atoms with Gasteiger partial charge in [0.05, 0.1) is 12.0 Å². The SMILES string of the molecule is Cc1ccc(C(O)C2CCC(C(F)(F)F)CC2)cc1. The largest absolute Gasteiger partial charge is 0.391 e. The van der Waals surface area contributed by atoms with Crippen molar-refractivity contribution in [2.24, 2.45) is 11.8 Å². The van der Waals surface area contributed by atoms with Crippen LogP contribution in [0, 0.1) is 18.8 Å². The van der Waals surface area contributed by atoms with Gasteiger partial charge >= 0.3 is 6.18 Å². The Morgan fingerprint density at radius 3 is 2.05 bits per heavy atom. The van der Waals surface area contributed by atoms with E-state index in [-0.39, 0.29) is 18.8 Å². The Bertz CT molecular complexity index is 402. The van der Waals surface area contributed by atoms with Crippen molar-refractivity contribution in [2.75, 3.05) is 0 Å². The lowest BCUT2D eigenvalue weighted by atomic mass is 9.77. The zero-order chi connectivity index (χ0) is 14.0. The Labute approximate surface area is 111 Å². The van der Waals surface area contributed by atoms with Crippen LogP contribution in [0.25, 0.3) is 0 Å². The summed E-state index contributed by atoms with van der Waals surface area (Å²) in [5.74, 6) is -1.24. The van der Waals surface area contributed by atoms with Gasteiger partial charge in [0, 0.05) is 0 Å². The molecule has 1 aromatic carbocycles. The van der Waals surface area contributed by atoms with Gasteiger partial charge in [-0.3, -0.25) is 0 Å². The minimum absolute atomic E-state index is 0.0543. The highest BCUT2D eigenvalue weighted by atomic mass is 19.4. The molecule has 1 saturated carbocycles. The summed E-state index contributed by atoms with van der Waals surface area (Å²) in [6, 6.07) is 7.55. The fraction of sp³-hybridized carbons (Fsp3) is 0.600. The van der Waals surface area contributed by atoms with Gasteiger partial charge in [-0.25, -0.2) is 0 Å². The predicted molar refractivity (Wildman–Crippen MR) is 67.6 cm³/mol. The van der Waals surface area contributed by atoms with Crippen LogP contribution < -0.4 is 0 Å². The van der Waals surface area contributed by atoms with Crippen LogP contribution in [0.4, 0.5) is 13.2 Å². The molecule has 0 radical (unpaired) electrons. The highest BCUT2D eigenvalue weighted by Crippen LogP contribution is 2.43. The van der Waals surface area contributed by atoms with E-state index in [4.69, 9.17) is 0 Å². The number of aryl methyl sites for hydroxylation is 1. The van der Waals surface area contributed by atoms with Gasteiger partial charge < -0.3 is 5.11 Å². The minimum Gasteiger partial charge on any atom is -0.388 e. The molecule has 1 nitrogen and oxygen atoms in total. The Kier molecular flexibility index (Phi) is 4.19. The van der Waals surface area contributed by atoms with Crippen molar-refractivity contribution < 1.29 is 18.3 Å². The van der Waals surface area contributed by atoms with E-state index in [1.165, 1.54) is 0 Å². The quantitative estimate of drug-likeness (QED) is 0.846. The second-order valence-corrected chi connectivity index (χ2v) is 5.51. The Morgan fingerprint density at radius 1 is 1.05 bits per heavy atom. The van der Waals surface area contributed by atoms with Crippen LogP contribution >= 0.6 is 0 Å². The molecule has 1 unspecified atom stereocenters. The molecular formula is C15H19F3O. The van der Waals surface area contributed by atoms with E-state index < -0.39 is 18.2 Å². The van der Waals surface area contributed by atoms with E-state index in [2.05, 4.69) is 0 Å². The van der Waals surface area contributed by atoms with Gasteiger partial charge in [0.15, 0.2) is 0 Å². The van der Waals surface area contributed by atoms with Crippen molar-refractivity contribution in [3.8, 4) is 0 Å². The molecule has 4 heteroatoms. The number of benzene rings is 1. The average Bonchev–Trinajstić information content (AvgIpc) is 2.38. The maximum Gasteiger partial charge on any atom is 0.391 e. The molecule has 106 valence electrons. The molecule has 1 N–H and O–H groups in total. The van der Waals surface area contributed by atoms with Crippen molar-refractivity contribution in [3.05, 3.63) is 35.4 Å². The maximum atomic E-state index is 12.6.